The Hall–Kier alpha value is -0.560. The molecular formula is C7H12O3. The molecule has 0 rings (SSSR count). The molecule has 0 bridgehead atoms. The Kier molecular flexibility index (Phi) is 3.37. The maximum atomic E-state index is 9.16. The van der Waals surface area contributed by atoms with Crippen molar-refractivity contribution < 1.29 is 15.3 Å². The van der Waals surface area contributed by atoms with Gasteiger partial charge in [-0.15, -0.1) is 6.42 Å². The largest absolute Gasteiger partial charge is 0.392 e. The summed E-state index contributed by atoms with van der Waals surface area (Å²) < 4.78 is 0. The van der Waals surface area contributed by atoms with Gasteiger partial charge in [0, 0.05) is 0 Å². The molecule has 0 radical (unpaired) electrons. The molecular weight excluding hydrogens is 132 g/mol. The molecule has 0 aromatic carbocycles. The molecule has 2 unspecified atom stereocenters. The van der Waals surface area contributed by atoms with Crippen LogP contribution in [0.15, 0.2) is 0 Å². The number of hydrogen-bond acceptors (Lipinski definition) is 3. The van der Waals surface area contributed by atoms with E-state index in [-0.39, 0.29) is 0 Å². The molecule has 0 aromatic rings. The van der Waals surface area contributed by atoms with E-state index in [1.165, 1.54) is 0 Å². The predicted molar refractivity (Wildman–Crippen MR) is 37.2 cm³/mol. The first kappa shape index (κ1) is 9.44. The Bertz CT molecular complexity index is 138. The lowest BCUT2D eigenvalue weighted by Gasteiger charge is -2.24. The molecule has 0 aliphatic carbocycles. The van der Waals surface area contributed by atoms with E-state index in [2.05, 4.69) is 0 Å². The van der Waals surface area contributed by atoms with Gasteiger partial charge in [0.25, 0.3) is 0 Å². The van der Waals surface area contributed by atoms with Gasteiger partial charge in [-0.1, -0.05) is 12.8 Å². The lowest BCUT2D eigenvalue weighted by Crippen LogP contribution is -2.43. The fourth-order valence-corrected chi connectivity index (χ4v) is 0.585. The highest BCUT2D eigenvalue weighted by molar-refractivity contribution is 5.10. The summed E-state index contributed by atoms with van der Waals surface area (Å²) in [7, 11) is 0. The molecule has 0 aliphatic heterocycles. The second-order valence-corrected chi connectivity index (χ2v) is 2.15. The third kappa shape index (κ3) is 1.71. The summed E-state index contributed by atoms with van der Waals surface area (Å²) >= 11 is 0. The lowest BCUT2D eigenvalue weighted by atomic mass is 9.97. The van der Waals surface area contributed by atoms with Gasteiger partial charge in [0.05, 0.1) is 12.7 Å². The van der Waals surface area contributed by atoms with Gasteiger partial charge < -0.3 is 15.3 Å². The Morgan fingerprint density at radius 2 is 2.20 bits per heavy atom. The number of aliphatic hydroxyl groups is 3. The minimum atomic E-state index is -1.77. The van der Waals surface area contributed by atoms with Crippen LogP contribution in [0, 0.1) is 12.3 Å². The molecule has 0 saturated heterocycles. The van der Waals surface area contributed by atoms with E-state index in [9.17, 15) is 0 Å². The highest BCUT2D eigenvalue weighted by Crippen LogP contribution is 2.10. The summed E-state index contributed by atoms with van der Waals surface area (Å²) in [6.07, 6.45) is 4.14. The maximum absolute atomic E-state index is 9.16. The van der Waals surface area contributed by atoms with Crippen molar-refractivity contribution in [3.63, 3.8) is 0 Å². The second-order valence-electron chi connectivity index (χ2n) is 2.15. The van der Waals surface area contributed by atoms with E-state index < -0.39 is 18.3 Å². The zero-order valence-electron chi connectivity index (χ0n) is 5.91. The van der Waals surface area contributed by atoms with Crippen LogP contribution in [-0.2, 0) is 0 Å². The van der Waals surface area contributed by atoms with Crippen molar-refractivity contribution in [2.75, 3.05) is 6.61 Å². The van der Waals surface area contributed by atoms with Gasteiger partial charge in [-0.2, -0.15) is 0 Å². The summed E-state index contributed by atoms with van der Waals surface area (Å²) in [4.78, 5) is 0. The molecule has 3 heteroatoms. The zero-order chi connectivity index (χ0) is 8.20. The van der Waals surface area contributed by atoms with E-state index in [1.54, 1.807) is 6.92 Å². The zero-order valence-corrected chi connectivity index (χ0v) is 5.91. The van der Waals surface area contributed by atoms with Crippen molar-refractivity contribution in [1.82, 2.24) is 0 Å². The third-order valence-electron chi connectivity index (χ3n) is 1.43. The van der Waals surface area contributed by atoms with Crippen molar-refractivity contribution in [3.05, 3.63) is 0 Å². The topological polar surface area (TPSA) is 60.7 Å². The van der Waals surface area contributed by atoms with Crippen LogP contribution in [0.2, 0.25) is 0 Å². The van der Waals surface area contributed by atoms with Gasteiger partial charge >= 0.3 is 0 Å². The summed E-state index contributed by atoms with van der Waals surface area (Å²) in [5, 5.41) is 26.7. The Morgan fingerprint density at radius 1 is 1.70 bits per heavy atom. The highest BCUT2D eigenvalue weighted by atomic mass is 16.4. The maximum Gasteiger partial charge on any atom is 0.173 e. The molecule has 0 aliphatic rings. The van der Waals surface area contributed by atoms with Crippen LogP contribution >= 0.6 is 0 Å². The number of hydrogen-bond donors (Lipinski definition) is 3. The fourth-order valence-electron chi connectivity index (χ4n) is 0.585. The molecule has 0 heterocycles. The Labute approximate surface area is 60.3 Å². The van der Waals surface area contributed by atoms with Crippen LogP contribution < -0.4 is 0 Å². The van der Waals surface area contributed by atoms with Crippen molar-refractivity contribution in [3.8, 4) is 12.3 Å². The quantitative estimate of drug-likeness (QED) is 0.450. The minimum Gasteiger partial charge on any atom is -0.392 e. The van der Waals surface area contributed by atoms with Crippen LogP contribution in [-0.4, -0.2) is 33.6 Å². The first-order valence-electron chi connectivity index (χ1n) is 3.09. The van der Waals surface area contributed by atoms with Gasteiger partial charge in [0.2, 0.25) is 0 Å². The van der Waals surface area contributed by atoms with Gasteiger partial charge in [-0.25, -0.2) is 0 Å². The minimum absolute atomic E-state index is 0.321. The SMILES string of the molecule is C#CC(O)(CO)C(O)CC. The molecule has 0 amide bonds. The number of rotatable bonds is 3. The summed E-state index contributed by atoms with van der Waals surface area (Å²) in [5.41, 5.74) is -1.77. The molecule has 0 saturated carbocycles. The van der Waals surface area contributed by atoms with Crippen molar-refractivity contribution in [2.45, 2.75) is 25.0 Å². The number of aliphatic hydroxyl groups excluding tert-OH is 2. The van der Waals surface area contributed by atoms with E-state index in [4.69, 9.17) is 21.7 Å². The van der Waals surface area contributed by atoms with Crippen molar-refractivity contribution in [1.29, 1.82) is 0 Å². The van der Waals surface area contributed by atoms with Crippen molar-refractivity contribution in [2.24, 2.45) is 0 Å². The molecule has 0 spiro atoms. The van der Waals surface area contributed by atoms with Crippen LogP contribution in [0.1, 0.15) is 13.3 Å². The molecule has 58 valence electrons. The van der Waals surface area contributed by atoms with E-state index in [1.807, 2.05) is 5.92 Å². The third-order valence-corrected chi connectivity index (χ3v) is 1.43. The molecule has 3 nitrogen and oxygen atoms in total. The standard InChI is InChI=1S/C7H12O3/c1-3-6(9)7(10,4-2)5-8/h2,6,8-10H,3,5H2,1H3. The van der Waals surface area contributed by atoms with E-state index >= 15 is 0 Å². The first-order valence-corrected chi connectivity index (χ1v) is 3.09. The Morgan fingerprint density at radius 3 is 2.30 bits per heavy atom. The monoisotopic (exact) mass is 144 g/mol. The van der Waals surface area contributed by atoms with Crippen LogP contribution in [0.4, 0.5) is 0 Å². The van der Waals surface area contributed by atoms with E-state index in [0.717, 1.165) is 0 Å². The molecule has 2 atom stereocenters. The number of terminal acetylenes is 1. The van der Waals surface area contributed by atoms with Gasteiger partial charge in [0.15, 0.2) is 5.60 Å². The van der Waals surface area contributed by atoms with Crippen LogP contribution in [0.25, 0.3) is 0 Å². The summed E-state index contributed by atoms with van der Waals surface area (Å²) in [6, 6.07) is 0. The second kappa shape index (κ2) is 3.57. The van der Waals surface area contributed by atoms with Crippen LogP contribution in [0.3, 0.4) is 0 Å². The summed E-state index contributed by atoms with van der Waals surface area (Å²) in [5.74, 6) is 1.93. The predicted octanol–water partition coefficient (Wildman–Crippen LogP) is -0.886. The van der Waals surface area contributed by atoms with Gasteiger partial charge in [-0.05, 0) is 6.42 Å². The molecule has 0 aromatic heterocycles. The normalized spacial score (nSPS) is 19.1. The lowest BCUT2D eigenvalue weighted by molar-refractivity contribution is -0.0649. The van der Waals surface area contributed by atoms with Gasteiger partial charge in [-0.3, -0.25) is 0 Å². The van der Waals surface area contributed by atoms with Gasteiger partial charge in [0.1, 0.15) is 0 Å². The average molecular weight is 144 g/mol. The molecule has 0 fully saturated rings. The first-order chi connectivity index (χ1) is 4.60. The van der Waals surface area contributed by atoms with E-state index in [0.29, 0.717) is 6.42 Å². The Balaban J connectivity index is 4.21. The highest BCUT2D eigenvalue weighted by Gasteiger charge is 2.31. The fraction of sp³-hybridized carbons (Fsp3) is 0.714. The average Bonchev–Trinajstić information content (AvgIpc) is 2.01. The smallest absolute Gasteiger partial charge is 0.173 e. The molecule has 10 heavy (non-hydrogen) atoms. The van der Waals surface area contributed by atoms with Crippen molar-refractivity contribution >= 4 is 0 Å². The van der Waals surface area contributed by atoms with Crippen LogP contribution in [0.5, 0.6) is 0 Å². The summed E-state index contributed by atoms with van der Waals surface area (Å²) in [6.45, 7) is 1.06. The molecule has 3 N–H and O–H groups in total.